The number of hydrogen-bond donors (Lipinski definition) is 1. The molecule has 0 aliphatic heterocycles. The summed E-state index contributed by atoms with van der Waals surface area (Å²) in [6, 6.07) is 5.54. The van der Waals surface area contributed by atoms with Gasteiger partial charge in [-0.15, -0.1) is 6.42 Å². The van der Waals surface area contributed by atoms with Gasteiger partial charge in [0.2, 0.25) is 0 Å². The van der Waals surface area contributed by atoms with E-state index in [9.17, 15) is 4.39 Å². The SMILES string of the molecule is C#CCN(CC)c1ccc(C(C)NCCC)cc1F. The summed E-state index contributed by atoms with van der Waals surface area (Å²) in [6.07, 6.45) is 6.37. The molecule has 0 heterocycles. The average molecular weight is 262 g/mol. The Morgan fingerprint density at radius 3 is 2.68 bits per heavy atom. The Hall–Kier alpha value is -1.53. The first kappa shape index (κ1) is 15.5. The Morgan fingerprint density at radius 1 is 1.42 bits per heavy atom. The number of terminal acetylenes is 1. The van der Waals surface area contributed by atoms with Crippen LogP contribution in [0, 0.1) is 18.2 Å². The number of nitrogens with one attached hydrogen (secondary N) is 1. The number of nitrogens with zero attached hydrogens (tertiary/aromatic N) is 1. The highest BCUT2D eigenvalue weighted by molar-refractivity contribution is 5.50. The quantitative estimate of drug-likeness (QED) is 0.758. The van der Waals surface area contributed by atoms with Crippen LogP contribution in [0.1, 0.15) is 38.8 Å². The summed E-state index contributed by atoms with van der Waals surface area (Å²) in [5, 5.41) is 3.35. The predicted octanol–water partition coefficient (Wildman–Crippen LogP) is 3.35. The third kappa shape index (κ3) is 4.25. The maximum atomic E-state index is 14.2. The fraction of sp³-hybridized carbons (Fsp3) is 0.500. The fourth-order valence-corrected chi connectivity index (χ4v) is 2.01. The molecule has 19 heavy (non-hydrogen) atoms. The van der Waals surface area contributed by atoms with Crippen LogP contribution < -0.4 is 10.2 Å². The zero-order valence-electron chi connectivity index (χ0n) is 12.0. The van der Waals surface area contributed by atoms with Gasteiger partial charge in [-0.3, -0.25) is 0 Å². The van der Waals surface area contributed by atoms with Crippen molar-refractivity contribution in [3.8, 4) is 12.3 Å². The summed E-state index contributed by atoms with van der Waals surface area (Å²) in [5.41, 5.74) is 1.54. The van der Waals surface area contributed by atoms with Crippen LogP contribution in [0.4, 0.5) is 10.1 Å². The van der Waals surface area contributed by atoms with E-state index in [4.69, 9.17) is 6.42 Å². The molecular formula is C16H23FN2. The standard InChI is InChI=1S/C16H23FN2/c1-5-10-18-13(4)14-8-9-16(15(17)12-14)19(7-3)11-6-2/h2,8-9,12-13,18H,5,7,10-11H2,1,3-4H3. The van der Waals surface area contributed by atoms with Crippen molar-refractivity contribution >= 4 is 5.69 Å². The smallest absolute Gasteiger partial charge is 0.146 e. The molecular weight excluding hydrogens is 239 g/mol. The predicted molar refractivity (Wildman–Crippen MR) is 79.8 cm³/mol. The van der Waals surface area contributed by atoms with Gasteiger partial charge in [0.25, 0.3) is 0 Å². The van der Waals surface area contributed by atoms with Crippen molar-refractivity contribution in [2.45, 2.75) is 33.2 Å². The molecule has 1 atom stereocenters. The molecule has 1 N–H and O–H groups in total. The van der Waals surface area contributed by atoms with Crippen LogP contribution in [0.5, 0.6) is 0 Å². The lowest BCUT2D eigenvalue weighted by molar-refractivity contribution is 0.561. The summed E-state index contributed by atoms with van der Waals surface area (Å²) in [6.45, 7) is 8.19. The topological polar surface area (TPSA) is 15.3 Å². The largest absolute Gasteiger partial charge is 0.358 e. The third-order valence-corrected chi connectivity index (χ3v) is 3.18. The second kappa shape index (κ2) is 7.81. The van der Waals surface area contributed by atoms with Crippen LogP contribution in [-0.2, 0) is 0 Å². The van der Waals surface area contributed by atoms with Crippen LogP contribution in [0.15, 0.2) is 18.2 Å². The van der Waals surface area contributed by atoms with Gasteiger partial charge in [-0.2, -0.15) is 0 Å². The maximum Gasteiger partial charge on any atom is 0.146 e. The van der Waals surface area contributed by atoms with Crippen molar-refractivity contribution < 1.29 is 4.39 Å². The molecule has 0 spiro atoms. The first-order valence-corrected chi connectivity index (χ1v) is 6.85. The molecule has 1 aromatic rings. The summed E-state index contributed by atoms with van der Waals surface area (Å²) in [4.78, 5) is 1.85. The first-order chi connectivity index (χ1) is 9.13. The second-order valence-electron chi connectivity index (χ2n) is 4.60. The van der Waals surface area contributed by atoms with Gasteiger partial charge in [0.1, 0.15) is 5.82 Å². The molecule has 0 amide bonds. The van der Waals surface area contributed by atoms with Crippen LogP contribution in [0.25, 0.3) is 0 Å². The monoisotopic (exact) mass is 262 g/mol. The average Bonchev–Trinajstić information content (AvgIpc) is 2.42. The highest BCUT2D eigenvalue weighted by atomic mass is 19.1. The lowest BCUT2D eigenvalue weighted by Crippen LogP contribution is -2.24. The summed E-state index contributed by atoms with van der Waals surface area (Å²) < 4.78 is 14.2. The molecule has 104 valence electrons. The van der Waals surface area contributed by atoms with Gasteiger partial charge in [-0.05, 0) is 44.5 Å². The molecule has 2 nitrogen and oxygen atoms in total. The van der Waals surface area contributed by atoms with Crippen LogP contribution in [0.3, 0.4) is 0 Å². The van der Waals surface area contributed by atoms with Crippen molar-refractivity contribution in [3.05, 3.63) is 29.6 Å². The molecule has 0 aliphatic carbocycles. The van der Waals surface area contributed by atoms with Gasteiger partial charge in [-0.1, -0.05) is 18.9 Å². The molecule has 1 rings (SSSR count). The second-order valence-corrected chi connectivity index (χ2v) is 4.60. The van der Waals surface area contributed by atoms with E-state index in [0.717, 1.165) is 18.5 Å². The summed E-state index contributed by atoms with van der Waals surface area (Å²) in [7, 11) is 0. The highest BCUT2D eigenvalue weighted by Gasteiger charge is 2.12. The minimum Gasteiger partial charge on any atom is -0.358 e. The van der Waals surface area contributed by atoms with Crippen molar-refractivity contribution in [3.63, 3.8) is 0 Å². The normalized spacial score (nSPS) is 11.9. The molecule has 1 aromatic carbocycles. The molecule has 0 aliphatic rings. The molecule has 0 fully saturated rings. The number of hydrogen-bond acceptors (Lipinski definition) is 2. The van der Waals surface area contributed by atoms with Gasteiger partial charge in [0, 0.05) is 12.6 Å². The number of anilines is 1. The number of benzene rings is 1. The van der Waals surface area contributed by atoms with Crippen LogP contribution in [-0.4, -0.2) is 19.6 Å². The van der Waals surface area contributed by atoms with E-state index in [1.165, 1.54) is 0 Å². The Labute approximate surface area is 116 Å². The number of rotatable bonds is 7. The molecule has 1 unspecified atom stereocenters. The zero-order valence-corrected chi connectivity index (χ0v) is 12.0. The zero-order chi connectivity index (χ0) is 14.3. The first-order valence-electron chi connectivity index (χ1n) is 6.85. The van der Waals surface area contributed by atoms with E-state index in [2.05, 4.69) is 18.2 Å². The Morgan fingerprint density at radius 2 is 2.16 bits per heavy atom. The van der Waals surface area contributed by atoms with Crippen LogP contribution >= 0.6 is 0 Å². The van der Waals surface area contributed by atoms with Gasteiger partial charge in [0.15, 0.2) is 0 Å². The Bertz CT molecular complexity index is 437. The highest BCUT2D eigenvalue weighted by Crippen LogP contribution is 2.23. The minimum atomic E-state index is -0.209. The van der Waals surface area contributed by atoms with Gasteiger partial charge < -0.3 is 10.2 Å². The van der Waals surface area contributed by atoms with E-state index < -0.39 is 0 Å². The maximum absolute atomic E-state index is 14.2. The molecule has 0 aromatic heterocycles. The molecule has 3 heteroatoms. The van der Waals surface area contributed by atoms with Crippen molar-refractivity contribution in [2.24, 2.45) is 0 Å². The summed E-state index contributed by atoms with van der Waals surface area (Å²) >= 11 is 0. The van der Waals surface area contributed by atoms with E-state index in [0.29, 0.717) is 18.8 Å². The Kier molecular flexibility index (Phi) is 6.38. The van der Waals surface area contributed by atoms with Crippen molar-refractivity contribution in [1.82, 2.24) is 5.32 Å². The van der Waals surface area contributed by atoms with E-state index >= 15 is 0 Å². The number of halogens is 1. The van der Waals surface area contributed by atoms with Crippen molar-refractivity contribution in [2.75, 3.05) is 24.5 Å². The van der Waals surface area contributed by atoms with Gasteiger partial charge >= 0.3 is 0 Å². The lowest BCUT2D eigenvalue weighted by Gasteiger charge is -2.22. The van der Waals surface area contributed by atoms with Gasteiger partial charge in [-0.25, -0.2) is 4.39 Å². The van der Waals surface area contributed by atoms with E-state index in [1.54, 1.807) is 6.07 Å². The van der Waals surface area contributed by atoms with Crippen molar-refractivity contribution in [1.29, 1.82) is 0 Å². The van der Waals surface area contributed by atoms with Gasteiger partial charge in [0.05, 0.1) is 12.2 Å². The minimum absolute atomic E-state index is 0.159. The fourth-order valence-electron chi connectivity index (χ4n) is 2.01. The van der Waals surface area contributed by atoms with E-state index in [1.807, 2.05) is 30.9 Å². The summed E-state index contributed by atoms with van der Waals surface area (Å²) in [5.74, 6) is 2.35. The molecule has 0 bridgehead atoms. The molecule has 0 saturated heterocycles. The van der Waals surface area contributed by atoms with Crippen LogP contribution in [0.2, 0.25) is 0 Å². The van der Waals surface area contributed by atoms with E-state index in [-0.39, 0.29) is 11.9 Å². The lowest BCUT2D eigenvalue weighted by atomic mass is 10.1. The third-order valence-electron chi connectivity index (χ3n) is 3.18. The Balaban J connectivity index is 2.87. The molecule has 0 saturated carbocycles. The molecule has 0 radical (unpaired) electrons.